The summed E-state index contributed by atoms with van der Waals surface area (Å²) in [7, 11) is 0. The van der Waals surface area contributed by atoms with E-state index in [1.165, 1.54) is 25.0 Å². The van der Waals surface area contributed by atoms with Crippen molar-refractivity contribution in [3.8, 4) is 0 Å². The highest BCUT2D eigenvalue weighted by molar-refractivity contribution is 5.51. The van der Waals surface area contributed by atoms with Crippen LogP contribution < -0.4 is 10.2 Å². The first-order chi connectivity index (χ1) is 11.7. The SMILES string of the molecule is O[C@@H]1C[C@@H](c2ccc(F)cc2)N(c2cc(NCC3CC3)ncn2)C1. The third-order valence-corrected chi connectivity index (χ3v) is 4.75. The molecule has 1 aliphatic carbocycles. The fourth-order valence-electron chi connectivity index (χ4n) is 3.24. The molecule has 0 amide bonds. The van der Waals surface area contributed by atoms with Crippen LogP contribution in [0.25, 0.3) is 0 Å². The molecule has 6 heteroatoms. The molecule has 2 fully saturated rings. The zero-order chi connectivity index (χ0) is 16.5. The highest BCUT2D eigenvalue weighted by Gasteiger charge is 2.33. The lowest BCUT2D eigenvalue weighted by Gasteiger charge is -2.26. The molecule has 0 bridgehead atoms. The predicted octanol–water partition coefficient (Wildman–Crippen LogP) is 2.75. The molecule has 2 heterocycles. The van der Waals surface area contributed by atoms with Crippen LogP contribution in [-0.4, -0.2) is 34.3 Å². The summed E-state index contributed by atoms with van der Waals surface area (Å²) >= 11 is 0. The minimum atomic E-state index is -0.419. The zero-order valence-corrected chi connectivity index (χ0v) is 13.4. The lowest BCUT2D eigenvalue weighted by atomic mass is 10.0. The summed E-state index contributed by atoms with van der Waals surface area (Å²) < 4.78 is 13.2. The lowest BCUT2D eigenvalue weighted by molar-refractivity contribution is 0.194. The Morgan fingerprint density at radius 2 is 2.00 bits per heavy atom. The van der Waals surface area contributed by atoms with E-state index in [4.69, 9.17) is 0 Å². The van der Waals surface area contributed by atoms with Gasteiger partial charge in [-0.3, -0.25) is 0 Å². The molecule has 24 heavy (non-hydrogen) atoms. The van der Waals surface area contributed by atoms with Crippen LogP contribution >= 0.6 is 0 Å². The van der Waals surface area contributed by atoms with Crippen molar-refractivity contribution in [3.63, 3.8) is 0 Å². The number of halogens is 1. The average Bonchev–Trinajstić information content (AvgIpc) is 3.34. The molecule has 2 atom stereocenters. The van der Waals surface area contributed by atoms with Crippen molar-refractivity contribution >= 4 is 11.6 Å². The molecule has 1 aliphatic heterocycles. The van der Waals surface area contributed by atoms with E-state index in [2.05, 4.69) is 20.2 Å². The van der Waals surface area contributed by atoms with Crippen molar-refractivity contribution in [2.24, 2.45) is 5.92 Å². The van der Waals surface area contributed by atoms with Gasteiger partial charge in [-0.25, -0.2) is 14.4 Å². The van der Waals surface area contributed by atoms with E-state index in [0.717, 1.165) is 29.7 Å². The molecule has 126 valence electrons. The Morgan fingerprint density at radius 1 is 1.21 bits per heavy atom. The molecule has 1 aromatic heterocycles. The first-order valence-corrected chi connectivity index (χ1v) is 8.45. The van der Waals surface area contributed by atoms with Crippen molar-refractivity contribution in [3.05, 3.63) is 48.0 Å². The normalized spacial score (nSPS) is 23.5. The number of nitrogens with one attached hydrogen (secondary N) is 1. The molecule has 5 nitrogen and oxygen atoms in total. The van der Waals surface area contributed by atoms with Gasteiger partial charge in [0, 0.05) is 19.2 Å². The fraction of sp³-hybridized carbons (Fsp3) is 0.444. The number of nitrogens with zero attached hydrogens (tertiary/aromatic N) is 3. The van der Waals surface area contributed by atoms with E-state index in [-0.39, 0.29) is 11.9 Å². The number of benzene rings is 1. The van der Waals surface area contributed by atoms with E-state index in [0.29, 0.717) is 13.0 Å². The van der Waals surface area contributed by atoms with Crippen LogP contribution in [0.1, 0.15) is 30.9 Å². The zero-order valence-electron chi connectivity index (χ0n) is 13.4. The van der Waals surface area contributed by atoms with Gasteiger partial charge in [-0.1, -0.05) is 12.1 Å². The molecule has 0 unspecified atom stereocenters. The number of hydrogen-bond donors (Lipinski definition) is 2. The molecule has 2 aromatic rings. The number of anilines is 2. The Morgan fingerprint density at radius 3 is 2.75 bits per heavy atom. The summed E-state index contributed by atoms with van der Waals surface area (Å²) in [5, 5.41) is 13.5. The van der Waals surface area contributed by atoms with E-state index in [1.807, 2.05) is 6.07 Å². The van der Waals surface area contributed by atoms with Crippen LogP contribution in [0.15, 0.2) is 36.7 Å². The first kappa shape index (κ1) is 15.3. The standard InChI is InChI=1S/C18H21FN4O/c19-14-5-3-13(4-6-14)16-7-15(24)10-23(16)18-8-17(21-11-22-18)20-9-12-1-2-12/h3-6,8,11-12,15-16,24H,1-2,7,9-10H2,(H,20,21,22)/t15-,16+/m1/s1. The maximum atomic E-state index is 13.2. The maximum absolute atomic E-state index is 13.2. The number of aromatic nitrogens is 2. The van der Waals surface area contributed by atoms with Gasteiger partial charge in [0.1, 0.15) is 23.8 Å². The Bertz CT molecular complexity index is 704. The van der Waals surface area contributed by atoms with Gasteiger partial charge in [0.2, 0.25) is 0 Å². The van der Waals surface area contributed by atoms with Gasteiger partial charge in [0.05, 0.1) is 12.1 Å². The molecular weight excluding hydrogens is 307 g/mol. The number of hydrogen-bond acceptors (Lipinski definition) is 5. The molecule has 0 radical (unpaired) electrons. The molecule has 1 saturated heterocycles. The van der Waals surface area contributed by atoms with Crippen molar-refractivity contribution < 1.29 is 9.50 Å². The third-order valence-electron chi connectivity index (χ3n) is 4.75. The van der Waals surface area contributed by atoms with Crippen LogP contribution in [0.3, 0.4) is 0 Å². The predicted molar refractivity (Wildman–Crippen MR) is 90.4 cm³/mol. The van der Waals surface area contributed by atoms with Gasteiger partial charge in [0.25, 0.3) is 0 Å². The monoisotopic (exact) mass is 328 g/mol. The Kier molecular flexibility index (Phi) is 4.06. The molecule has 1 aromatic carbocycles. The number of rotatable bonds is 5. The van der Waals surface area contributed by atoms with Crippen LogP contribution in [0.5, 0.6) is 0 Å². The van der Waals surface area contributed by atoms with Crippen molar-refractivity contribution in [1.29, 1.82) is 0 Å². The van der Waals surface area contributed by atoms with Crippen molar-refractivity contribution in [2.75, 3.05) is 23.3 Å². The highest BCUT2D eigenvalue weighted by atomic mass is 19.1. The number of aliphatic hydroxyl groups excluding tert-OH is 1. The molecule has 2 N–H and O–H groups in total. The topological polar surface area (TPSA) is 61.3 Å². The quantitative estimate of drug-likeness (QED) is 0.884. The Hall–Kier alpha value is -2.21. The van der Waals surface area contributed by atoms with E-state index < -0.39 is 6.10 Å². The smallest absolute Gasteiger partial charge is 0.134 e. The number of aliphatic hydroxyl groups is 1. The van der Waals surface area contributed by atoms with Crippen molar-refractivity contribution in [2.45, 2.75) is 31.4 Å². The van der Waals surface area contributed by atoms with E-state index in [1.54, 1.807) is 18.5 Å². The van der Waals surface area contributed by atoms with Crippen LogP contribution in [0.2, 0.25) is 0 Å². The summed E-state index contributed by atoms with van der Waals surface area (Å²) in [6.45, 7) is 1.46. The van der Waals surface area contributed by atoms with E-state index >= 15 is 0 Å². The molecular formula is C18H21FN4O. The van der Waals surface area contributed by atoms with Gasteiger partial charge in [-0.15, -0.1) is 0 Å². The molecule has 0 spiro atoms. The van der Waals surface area contributed by atoms with Gasteiger partial charge in [-0.2, -0.15) is 0 Å². The van der Waals surface area contributed by atoms with E-state index in [9.17, 15) is 9.50 Å². The second kappa shape index (κ2) is 6.36. The van der Waals surface area contributed by atoms with Crippen LogP contribution in [-0.2, 0) is 0 Å². The van der Waals surface area contributed by atoms with Crippen LogP contribution in [0, 0.1) is 11.7 Å². The summed E-state index contributed by atoms with van der Waals surface area (Å²) in [5.74, 6) is 2.11. The summed E-state index contributed by atoms with van der Waals surface area (Å²) in [5.41, 5.74) is 0.985. The maximum Gasteiger partial charge on any atom is 0.134 e. The van der Waals surface area contributed by atoms with Gasteiger partial charge < -0.3 is 15.3 Å². The number of β-amino-alcohol motifs (C(OH)–C–C–N with tert-alkyl or cyclic N) is 1. The van der Waals surface area contributed by atoms with Gasteiger partial charge in [0.15, 0.2) is 0 Å². The lowest BCUT2D eigenvalue weighted by Crippen LogP contribution is -2.25. The van der Waals surface area contributed by atoms with Crippen molar-refractivity contribution in [1.82, 2.24) is 9.97 Å². The largest absolute Gasteiger partial charge is 0.391 e. The Balaban J connectivity index is 1.56. The summed E-state index contributed by atoms with van der Waals surface area (Å²) in [4.78, 5) is 10.7. The summed E-state index contributed by atoms with van der Waals surface area (Å²) in [6.07, 6.45) is 4.32. The summed E-state index contributed by atoms with van der Waals surface area (Å²) in [6, 6.07) is 8.39. The molecule has 2 aliphatic rings. The first-order valence-electron chi connectivity index (χ1n) is 8.45. The van der Waals surface area contributed by atoms with Crippen LogP contribution in [0.4, 0.5) is 16.0 Å². The third kappa shape index (κ3) is 3.33. The minimum Gasteiger partial charge on any atom is -0.391 e. The molecule has 1 saturated carbocycles. The van der Waals surface area contributed by atoms with Gasteiger partial charge in [-0.05, 0) is 42.9 Å². The second-order valence-corrected chi connectivity index (χ2v) is 6.69. The second-order valence-electron chi connectivity index (χ2n) is 6.69. The average molecular weight is 328 g/mol. The fourth-order valence-corrected chi connectivity index (χ4v) is 3.24. The highest BCUT2D eigenvalue weighted by Crippen LogP contribution is 2.36. The molecule has 4 rings (SSSR count). The van der Waals surface area contributed by atoms with Gasteiger partial charge >= 0.3 is 0 Å². The Labute approximate surface area is 140 Å². The minimum absolute atomic E-state index is 0.00761.